The predicted octanol–water partition coefficient (Wildman–Crippen LogP) is 4.83. The Morgan fingerprint density at radius 1 is 1.35 bits per heavy atom. The second kappa shape index (κ2) is 7.14. The van der Waals surface area contributed by atoms with E-state index in [4.69, 9.17) is 5.73 Å². The van der Waals surface area contributed by atoms with Crippen LogP contribution in [0.2, 0.25) is 0 Å². The smallest absolute Gasteiger partial charge is 0.250 e. The average molecular weight is 308 g/mol. The summed E-state index contributed by atoms with van der Waals surface area (Å²) in [6.45, 7) is 10.1. The molecule has 1 amide bonds. The summed E-state index contributed by atoms with van der Waals surface area (Å²) in [7, 11) is 0. The van der Waals surface area contributed by atoms with Crippen molar-refractivity contribution >= 4 is 11.6 Å². The third-order valence-electron chi connectivity index (χ3n) is 4.19. The second-order valence-electron chi connectivity index (χ2n) is 5.84. The fraction of sp³-hybridized carbons (Fsp3) is 0.250. The number of anilines is 1. The van der Waals surface area contributed by atoms with Crippen LogP contribution in [-0.2, 0) is 0 Å². The molecule has 120 valence electrons. The van der Waals surface area contributed by atoms with Gasteiger partial charge < -0.3 is 11.1 Å². The van der Waals surface area contributed by atoms with Crippen LogP contribution in [0.1, 0.15) is 47.7 Å². The molecule has 0 aliphatic rings. The van der Waals surface area contributed by atoms with Crippen molar-refractivity contribution in [1.29, 1.82) is 0 Å². The zero-order chi connectivity index (χ0) is 17.0. The van der Waals surface area contributed by atoms with E-state index in [0.29, 0.717) is 5.56 Å². The molecule has 23 heavy (non-hydrogen) atoms. The van der Waals surface area contributed by atoms with Crippen molar-refractivity contribution in [2.24, 2.45) is 5.73 Å². The molecule has 3 nitrogen and oxygen atoms in total. The molecule has 2 rings (SSSR count). The lowest BCUT2D eigenvalue weighted by Gasteiger charge is -2.22. The van der Waals surface area contributed by atoms with Gasteiger partial charge in [-0.25, -0.2) is 0 Å². The predicted molar refractivity (Wildman–Crippen MR) is 97.7 cm³/mol. The maximum absolute atomic E-state index is 11.8. The fourth-order valence-electron chi connectivity index (χ4n) is 2.86. The largest absolute Gasteiger partial charge is 0.366 e. The number of hydrogen-bond donors (Lipinski definition) is 2. The number of carbonyl (C=O) groups excluding carboxylic acids is 1. The molecular weight excluding hydrogens is 284 g/mol. The summed E-state index contributed by atoms with van der Waals surface area (Å²) in [5.74, 6) is -0.151. The van der Waals surface area contributed by atoms with Gasteiger partial charge in [-0.2, -0.15) is 0 Å². The summed E-state index contributed by atoms with van der Waals surface area (Å²) >= 11 is 0. The summed E-state index contributed by atoms with van der Waals surface area (Å²) in [6.07, 6.45) is 2.56. The van der Waals surface area contributed by atoms with Crippen molar-refractivity contribution in [3.8, 4) is 11.1 Å². The molecule has 3 N–H and O–H groups in total. The molecule has 0 aliphatic carbocycles. The third kappa shape index (κ3) is 3.45. The number of nitrogens with two attached hydrogens (primary N) is 1. The first kappa shape index (κ1) is 16.8. The number of rotatable bonds is 6. The maximum Gasteiger partial charge on any atom is 0.250 e. The highest BCUT2D eigenvalue weighted by molar-refractivity contribution is 6.01. The van der Waals surface area contributed by atoms with Gasteiger partial charge in [-0.05, 0) is 48.2 Å². The van der Waals surface area contributed by atoms with E-state index < -0.39 is 5.91 Å². The molecule has 0 radical (unpaired) electrons. The van der Waals surface area contributed by atoms with Gasteiger partial charge in [-0.15, -0.1) is 0 Å². The highest BCUT2D eigenvalue weighted by atomic mass is 16.1. The average Bonchev–Trinajstić information content (AvgIpc) is 2.53. The standard InChI is InChI=1S/C20H24N2O/c1-5-14(4)18-16(15-9-7-8-13(3)12-15)10-11-17(20(21)23)19(18)22-6-2/h6-12,14,22H,2,5H2,1,3-4H3,(H2,21,23). The summed E-state index contributed by atoms with van der Waals surface area (Å²) in [5.41, 5.74) is 11.4. The molecule has 2 aromatic carbocycles. The van der Waals surface area contributed by atoms with Gasteiger partial charge in [0.2, 0.25) is 0 Å². The van der Waals surface area contributed by atoms with Gasteiger partial charge in [0.15, 0.2) is 0 Å². The first-order chi connectivity index (χ1) is 11.0. The Kier molecular flexibility index (Phi) is 5.22. The Morgan fingerprint density at radius 3 is 2.65 bits per heavy atom. The van der Waals surface area contributed by atoms with Crippen molar-refractivity contribution in [3.05, 3.63) is 65.9 Å². The van der Waals surface area contributed by atoms with Crippen molar-refractivity contribution in [2.45, 2.75) is 33.1 Å². The van der Waals surface area contributed by atoms with Crippen molar-refractivity contribution in [1.82, 2.24) is 0 Å². The molecule has 0 heterocycles. The molecule has 0 bridgehead atoms. The molecule has 0 aromatic heterocycles. The van der Waals surface area contributed by atoms with E-state index in [1.165, 1.54) is 5.56 Å². The molecule has 1 unspecified atom stereocenters. The minimum absolute atomic E-state index is 0.285. The lowest BCUT2D eigenvalue weighted by molar-refractivity contribution is 0.100. The van der Waals surface area contributed by atoms with Crippen LogP contribution in [0, 0.1) is 6.92 Å². The minimum atomic E-state index is -0.435. The molecule has 0 saturated carbocycles. The van der Waals surface area contributed by atoms with Gasteiger partial charge in [-0.1, -0.05) is 56.3 Å². The van der Waals surface area contributed by atoms with Crippen LogP contribution in [0.4, 0.5) is 5.69 Å². The molecule has 0 spiro atoms. The maximum atomic E-state index is 11.8. The molecule has 1 atom stereocenters. The summed E-state index contributed by atoms with van der Waals surface area (Å²) in [6, 6.07) is 12.2. The van der Waals surface area contributed by atoms with E-state index in [1.807, 2.05) is 12.1 Å². The first-order valence-corrected chi connectivity index (χ1v) is 7.90. The Bertz CT molecular complexity index is 734. The van der Waals surface area contributed by atoms with Gasteiger partial charge in [0.05, 0.1) is 11.3 Å². The van der Waals surface area contributed by atoms with Crippen LogP contribution in [0.3, 0.4) is 0 Å². The van der Waals surface area contributed by atoms with Crippen molar-refractivity contribution in [3.63, 3.8) is 0 Å². The minimum Gasteiger partial charge on any atom is -0.366 e. The highest BCUT2D eigenvalue weighted by Crippen LogP contribution is 2.38. The molecule has 0 saturated heterocycles. The Hall–Kier alpha value is -2.55. The summed E-state index contributed by atoms with van der Waals surface area (Å²) < 4.78 is 0. The highest BCUT2D eigenvalue weighted by Gasteiger charge is 2.20. The zero-order valence-corrected chi connectivity index (χ0v) is 14.0. The van der Waals surface area contributed by atoms with Crippen molar-refractivity contribution in [2.75, 3.05) is 5.32 Å². The number of hydrogen-bond acceptors (Lipinski definition) is 2. The summed E-state index contributed by atoms with van der Waals surface area (Å²) in [5, 5.41) is 3.13. The van der Waals surface area contributed by atoms with Gasteiger partial charge in [0.1, 0.15) is 0 Å². The van der Waals surface area contributed by atoms with Crippen LogP contribution in [0.25, 0.3) is 11.1 Å². The van der Waals surface area contributed by atoms with E-state index in [2.05, 4.69) is 50.9 Å². The van der Waals surface area contributed by atoms with Gasteiger partial charge >= 0.3 is 0 Å². The Morgan fingerprint density at radius 2 is 2.09 bits per heavy atom. The Balaban J connectivity index is 2.78. The van der Waals surface area contributed by atoms with Gasteiger partial charge in [0.25, 0.3) is 5.91 Å². The van der Waals surface area contributed by atoms with E-state index in [9.17, 15) is 4.79 Å². The molecule has 0 aliphatic heterocycles. The molecular formula is C20H24N2O. The molecule has 3 heteroatoms. The lowest BCUT2D eigenvalue weighted by Crippen LogP contribution is -2.15. The number of nitrogens with one attached hydrogen (secondary N) is 1. The van der Waals surface area contributed by atoms with Gasteiger partial charge in [-0.3, -0.25) is 4.79 Å². The SMILES string of the molecule is C=CNc1c(C(N)=O)ccc(-c2cccc(C)c2)c1C(C)CC. The van der Waals surface area contributed by atoms with Crippen LogP contribution in [0.15, 0.2) is 49.2 Å². The van der Waals surface area contributed by atoms with Crippen LogP contribution in [-0.4, -0.2) is 5.91 Å². The second-order valence-corrected chi connectivity index (χ2v) is 5.84. The first-order valence-electron chi connectivity index (χ1n) is 7.90. The topological polar surface area (TPSA) is 55.1 Å². The zero-order valence-electron chi connectivity index (χ0n) is 14.0. The van der Waals surface area contributed by atoms with E-state index >= 15 is 0 Å². The molecule has 0 fully saturated rings. The number of aryl methyl sites for hydroxylation is 1. The number of primary amides is 1. The van der Waals surface area contributed by atoms with E-state index in [-0.39, 0.29) is 5.92 Å². The van der Waals surface area contributed by atoms with Gasteiger partial charge in [0, 0.05) is 0 Å². The third-order valence-corrected chi connectivity index (χ3v) is 4.19. The van der Waals surface area contributed by atoms with E-state index in [0.717, 1.165) is 28.8 Å². The van der Waals surface area contributed by atoms with Crippen LogP contribution < -0.4 is 11.1 Å². The number of carbonyl (C=O) groups is 1. The number of amides is 1. The lowest BCUT2D eigenvalue weighted by atomic mass is 9.86. The van der Waals surface area contributed by atoms with Crippen LogP contribution >= 0.6 is 0 Å². The monoisotopic (exact) mass is 308 g/mol. The normalized spacial score (nSPS) is 11.8. The van der Waals surface area contributed by atoms with Crippen molar-refractivity contribution < 1.29 is 4.79 Å². The Labute approximate surface area is 138 Å². The quantitative estimate of drug-likeness (QED) is 0.803. The summed E-state index contributed by atoms with van der Waals surface area (Å²) in [4.78, 5) is 11.8. The molecule has 2 aromatic rings. The van der Waals surface area contributed by atoms with E-state index in [1.54, 1.807) is 12.3 Å². The fourth-order valence-corrected chi connectivity index (χ4v) is 2.86. The number of benzene rings is 2. The van der Waals surface area contributed by atoms with Crippen LogP contribution in [0.5, 0.6) is 0 Å².